The highest BCUT2D eigenvalue weighted by Crippen LogP contribution is 2.04. The molecule has 0 aliphatic rings. The number of hydrogen-bond donors (Lipinski definition) is 0. The van der Waals surface area contributed by atoms with Crippen molar-refractivity contribution in [3.63, 3.8) is 0 Å². The first kappa shape index (κ1) is 8.90. The minimum atomic E-state index is -0.579. The van der Waals surface area contributed by atoms with Gasteiger partial charge in [-0.3, -0.25) is 9.59 Å². The van der Waals surface area contributed by atoms with Gasteiger partial charge in [-0.1, -0.05) is 0 Å². The SMILES string of the molecule is C#CCC(C(C)=O)C(C)=O. The molecule has 0 aromatic carbocycles. The first-order chi connectivity index (χ1) is 4.59. The highest BCUT2D eigenvalue weighted by Gasteiger charge is 2.17. The van der Waals surface area contributed by atoms with E-state index in [-0.39, 0.29) is 18.0 Å². The van der Waals surface area contributed by atoms with Crippen LogP contribution in [0.1, 0.15) is 20.3 Å². The Morgan fingerprint density at radius 1 is 1.40 bits per heavy atom. The molecule has 0 fully saturated rings. The first-order valence-corrected chi connectivity index (χ1v) is 3.04. The number of hydrogen-bond acceptors (Lipinski definition) is 2. The molecule has 0 aliphatic carbocycles. The van der Waals surface area contributed by atoms with E-state index in [0.29, 0.717) is 0 Å². The fourth-order valence-corrected chi connectivity index (χ4v) is 0.692. The molecular weight excluding hydrogens is 128 g/mol. The van der Waals surface area contributed by atoms with Crippen LogP contribution in [0.2, 0.25) is 0 Å². The van der Waals surface area contributed by atoms with Gasteiger partial charge in [-0.05, 0) is 13.8 Å². The predicted octanol–water partition coefficient (Wildman–Crippen LogP) is 0.804. The van der Waals surface area contributed by atoms with Crippen molar-refractivity contribution in [3.8, 4) is 12.3 Å². The Balaban J connectivity index is 4.15. The molecular formula is C8H10O2. The van der Waals surface area contributed by atoms with E-state index in [1.165, 1.54) is 13.8 Å². The predicted molar refractivity (Wildman–Crippen MR) is 38.3 cm³/mol. The summed E-state index contributed by atoms with van der Waals surface area (Å²) in [7, 11) is 0. The zero-order valence-corrected chi connectivity index (χ0v) is 6.18. The Morgan fingerprint density at radius 3 is 1.90 bits per heavy atom. The molecule has 54 valence electrons. The smallest absolute Gasteiger partial charge is 0.141 e. The highest BCUT2D eigenvalue weighted by atomic mass is 16.1. The van der Waals surface area contributed by atoms with Crippen molar-refractivity contribution in [2.45, 2.75) is 20.3 Å². The second-order valence-electron chi connectivity index (χ2n) is 2.18. The van der Waals surface area contributed by atoms with Crippen molar-refractivity contribution in [2.24, 2.45) is 5.92 Å². The highest BCUT2D eigenvalue weighted by molar-refractivity contribution is 6.00. The van der Waals surface area contributed by atoms with Gasteiger partial charge in [-0.25, -0.2) is 0 Å². The van der Waals surface area contributed by atoms with E-state index in [9.17, 15) is 9.59 Å². The minimum Gasteiger partial charge on any atom is -0.299 e. The average molecular weight is 138 g/mol. The van der Waals surface area contributed by atoms with Gasteiger partial charge in [0.15, 0.2) is 0 Å². The first-order valence-electron chi connectivity index (χ1n) is 3.04. The summed E-state index contributed by atoms with van der Waals surface area (Å²) >= 11 is 0. The molecule has 2 nitrogen and oxygen atoms in total. The van der Waals surface area contributed by atoms with Crippen LogP contribution >= 0.6 is 0 Å². The van der Waals surface area contributed by atoms with E-state index < -0.39 is 5.92 Å². The molecule has 2 heteroatoms. The third-order valence-electron chi connectivity index (χ3n) is 1.30. The van der Waals surface area contributed by atoms with Crippen LogP contribution in [0.25, 0.3) is 0 Å². The van der Waals surface area contributed by atoms with Gasteiger partial charge < -0.3 is 0 Å². The van der Waals surface area contributed by atoms with E-state index in [1.807, 2.05) is 0 Å². The largest absolute Gasteiger partial charge is 0.299 e. The Kier molecular flexibility index (Phi) is 3.42. The van der Waals surface area contributed by atoms with Crippen LogP contribution in [0, 0.1) is 18.3 Å². The number of carbonyl (C=O) groups is 2. The normalized spacial score (nSPS) is 9.00. The third kappa shape index (κ3) is 2.45. The van der Waals surface area contributed by atoms with Crippen LogP contribution in [0.5, 0.6) is 0 Å². The van der Waals surface area contributed by atoms with Crippen molar-refractivity contribution in [3.05, 3.63) is 0 Å². The Hall–Kier alpha value is -1.10. The van der Waals surface area contributed by atoms with Gasteiger partial charge >= 0.3 is 0 Å². The van der Waals surface area contributed by atoms with Crippen molar-refractivity contribution in [2.75, 3.05) is 0 Å². The summed E-state index contributed by atoms with van der Waals surface area (Å²) in [6.07, 6.45) is 5.18. The van der Waals surface area contributed by atoms with Crippen LogP contribution in [-0.2, 0) is 9.59 Å². The second-order valence-corrected chi connectivity index (χ2v) is 2.18. The molecule has 0 radical (unpaired) electrons. The summed E-state index contributed by atoms with van der Waals surface area (Å²) in [5, 5.41) is 0. The lowest BCUT2D eigenvalue weighted by Gasteiger charge is -2.03. The van der Waals surface area contributed by atoms with Gasteiger partial charge in [-0.2, -0.15) is 0 Å². The lowest BCUT2D eigenvalue weighted by Crippen LogP contribution is -2.18. The number of Topliss-reactive ketones (excluding diaryl/α,β-unsaturated/α-hetero) is 2. The van der Waals surface area contributed by atoms with Gasteiger partial charge in [0.05, 0.1) is 5.92 Å². The molecule has 0 rings (SSSR count). The van der Waals surface area contributed by atoms with E-state index in [1.54, 1.807) is 0 Å². The summed E-state index contributed by atoms with van der Waals surface area (Å²) in [6.45, 7) is 2.76. The van der Waals surface area contributed by atoms with Crippen molar-refractivity contribution < 1.29 is 9.59 Å². The molecule has 0 heterocycles. The van der Waals surface area contributed by atoms with Crippen LogP contribution in [-0.4, -0.2) is 11.6 Å². The van der Waals surface area contributed by atoms with Crippen molar-refractivity contribution >= 4 is 11.6 Å². The molecule has 0 atom stereocenters. The number of carbonyl (C=O) groups excluding carboxylic acids is 2. The molecule has 0 saturated carbocycles. The van der Waals surface area contributed by atoms with Gasteiger partial charge in [0.25, 0.3) is 0 Å². The summed E-state index contributed by atoms with van der Waals surface area (Å²) < 4.78 is 0. The molecule has 10 heavy (non-hydrogen) atoms. The zero-order chi connectivity index (χ0) is 8.15. The van der Waals surface area contributed by atoms with Crippen molar-refractivity contribution in [1.29, 1.82) is 0 Å². The Morgan fingerprint density at radius 2 is 1.80 bits per heavy atom. The number of terminal acetylenes is 1. The Bertz CT molecular complexity index is 172. The van der Waals surface area contributed by atoms with E-state index in [2.05, 4.69) is 5.92 Å². The summed E-state index contributed by atoms with van der Waals surface area (Å²) in [6, 6.07) is 0. The monoisotopic (exact) mass is 138 g/mol. The van der Waals surface area contributed by atoms with Gasteiger partial charge in [0, 0.05) is 6.42 Å². The molecule has 0 aromatic rings. The fourth-order valence-electron chi connectivity index (χ4n) is 0.692. The van der Waals surface area contributed by atoms with Crippen LogP contribution < -0.4 is 0 Å². The van der Waals surface area contributed by atoms with E-state index >= 15 is 0 Å². The maximum atomic E-state index is 10.7. The van der Waals surface area contributed by atoms with E-state index in [4.69, 9.17) is 6.42 Å². The summed E-state index contributed by atoms with van der Waals surface area (Å²) in [5.41, 5.74) is 0. The standard InChI is InChI=1S/C8H10O2/c1-4-5-8(6(2)9)7(3)10/h1,8H,5H2,2-3H3. The van der Waals surface area contributed by atoms with Crippen LogP contribution in [0.3, 0.4) is 0 Å². The molecule has 0 amide bonds. The van der Waals surface area contributed by atoms with Crippen molar-refractivity contribution in [1.82, 2.24) is 0 Å². The number of ketones is 2. The maximum absolute atomic E-state index is 10.7. The molecule has 0 saturated heterocycles. The van der Waals surface area contributed by atoms with Crippen LogP contribution in [0.15, 0.2) is 0 Å². The maximum Gasteiger partial charge on any atom is 0.141 e. The molecule has 0 bridgehead atoms. The van der Waals surface area contributed by atoms with Gasteiger partial charge in [-0.15, -0.1) is 12.3 Å². The molecule has 0 spiro atoms. The zero-order valence-electron chi connectivity index (χ0n) is 6.18. The lowest BCUT2D eigenvalue weighted by atomic mass is 9.98. The lowest BCUT2D eigenvalue weighted by molar-refractivity contribution is -0.130. The summed E-state index contributed by atoms with van der Waals surface area (Å²) in [4.78, 5) is 21.3. The topological polar surface area (TPSA) is 34.1 Å². The van der Waals surface area contributed by atoms with Gasteiger partial charge in [0.2, 0.25) is 0 Å². The van der Waals surface area contributed by atoms with Crippen LogP contribution in [0.4, 0.5) is 0 Å². The second kappa shape index (κ2) is 3.84. The Labute approximate surface area is 60.6 Å². The molecule has 0 aromatic heterocycles. The molecule has 0 unspecified atom stereocenters. The van der Waals surface area contributed by atoms with Gasteiger partial charge in [0.1, 0.15) is 11.6 Å². The number of rotatable bonds is 3. The molecule has 0 N–H and O–H groups in total. The fraction of sp³-hybridized carbons (Fsp3) is 0.500. The van der Waals surface area contributed by atoms with E-state index in [0.717, 1.165) is 0 Å². The molecule has 0 aliphatic heterocycles. The third-order valence-corrected chi connectivity index (χ3v) is 1.30. The average Bonchev–Trinajstić information content (AvgIpc) is 1.81. The minimum absolute atomic E-state index is 0.148. The quantitative estimate of drug-likeness (QED) is 0.427. The summed E-state index contributed by atoms with van der Waals surface area (Å²) in [5.74, 6) is 1.41.